The van der Waals surface area contributed by atoms with Gasteiger partial charge in [0.2, 0.25) is 5.91 Å². The number of likely N-dealkylation sites (N-methyl/N-ethyl adjacent to an activating group) is 1. The summed E-state index contributed by atoms with van der Waals surface area (Å²) < 4.78 is 0. The number of hydrogen-bond donors (Lipinski definition) is 2. The van der Waals surface area contributed by atoms with Gasteiger partial charge in [0.15, 0.2) is 0 Å². The molecule has 0 aromatic rings. The van der Waals surface area contributed by atoms with Crippen LogP contribution in [0, 0.1) is 11.8 Å². The molecule has 0 aromatic carbocycles. The molecule has 3 saturated carbocycles. The summed E-state index contributed by atoms with van der Waals surface area (Å²) in [5, 5.41) is 6.04. The van der Waals surface area contributed by atoms with Crippen LogP contribution >= 0.6 is 0 Å². The van der Waals surface area contributed by atoms with Crippen molar-refractivity contribution in [2.24, 2.45) is 11.8 Å². The summed E-state index contributed by atoms with van der Waals surface area (Å²) in [6, 6.07) is 0.611. The van der Waals surface area contributed by atoms with Gasteiger partial charge in [-0.05, 0) is 31.1 Å². The third-order valence-corrected chi connectivity index (χ3v) is 3.85. The Bertz CT molecular complexity index is 209. The van der Waals surface area contributed by atoms with E-state index < -0.39 is 0 Å². The summed E-state index contributed by atoms with van der Waals surface area (Å²) in [6.07, 6.45) is 6.87. The first-order valence-electron chi connectivity index (χ1n) is 5.73. The first-order chi connectivity index (χ1) is 6.79. The Kier molecular flexibility index (Phi) is 3.06. The quantitative estimate of drug-likeness (QED) is 0.704. The normalized spacial score (nSPS) is 35.6. The van der Waals surface area contributed by atoms with E-state index >= 15 is 0 Å². The largest absolute Gasteiger partial charge is 0.358 e. The summed E-state index contributed by atoms with van der Waals surface area (Å²) in [5.41, 5.74) is 0. The molecule has 0 saturated heterocycles. The van der Waals surface area contributed by atoms with Crippen molar-refractivity contribution in [2.75, 3.05) is 13.6 Å². The molecule has 1 atom stereocenters. The summed E-state index contributed by atoms with van der Waals surface area (Å²) in [4.78, 5) is 11.1. The van der Waals surface area contributed by atoms with E-state index in [0.717, 1.165) is 11.8 Å². The SMILES string of the molecule is CNC(=O)CNC1CC2CCC1CC2. The van der Waals surface area contributed by atoms with Crippen LogP contribution in [0.5, 0.6) is 0 Å². The van der Waals surface area contributed by atoms with Crippen LogP contribution in [0.25, 0.3) is 0 Å². The average Bonchev–Trinajstić information content (AvgIpc) is 2.27. The van der Waals surface area contributed by atoms with E-state index in [-0.39, 0.29) is 5.91 Å². The fourth-order valence-electron chi connectivity index (χ4n) is 2.94. The molecule has 3 nitrogen and oxygen atoms in total. The molecule has 80 valence electrons. The molecule has 14 heavy (non-hydrogen) atoms. The number of amides is 1. The Hall–Kier alpha value is -0.570. The Balaban J connectivity index is 1.78. The standard InChI is InChI=1S/C11H20N2O/c1-12-11(14)7-13-10-6-8-2-4-9(10)5-3-8/h8-10,13H,2-7H2,1H3,(H,12,14). The van der Waals surface area contributed by atoms with Gasteiger partial charge in [-0.15, -0.1) is 0 Å². The fraction of sp³-hybridized carbons (Fsp3) is 0.909. The smallest absolute Gasteiger partial charge is 0.233 e. The van der Waals surface area contributed by atoms with Gasteiger partial charge in [0.25, 0.3) is 0 Å². The van der Waals surface area contributed by atoms with Crippen LogP contribution in [0.1, 0.15) is 32.1 Å². The van der Waals surface area contributed by atoms with Gasteiger partial charge in [-0.3, -0.25) is 4.79 Å². The van der Waals surface area contributed by atoms with E-state index in [1.807, 2.05) is 0 Å². The minimum Gasteiger partial charge on any atom is -0.358 e. The van der Waals surface area contributed by atoms with E-state index in [9.17, 15) is 4.79 Å². The molecule has 2 bridgehead atoms. The molecule has 3 aliphatic carbocycles. The van der Waals surface area contributed by atoms with Crippen molar-refractivity contribution < 1.29 is 4.79 Å². The van der Waals surface area contributed by atoms with E-state index in [1.54, 1.807) is 7.05 Å². The lowest BCUT2D eigenvalue weighted by Crippen LogP contribution is -2.47. The second kappa shape index (κ2) is 4.30. The molecule has 3 aliphatic rings. The van der Waals surface area contributed by atoms with Crippen molar-refractivity contribution >= 4 is 5.91 Å². The molecule has 0 aromatic heterocycles. The highest BCUT2D eigenvalue weighted by Gasteiger charge is 2.35. The van der Waals surface area contributed by atoms with Gasteiger partial charge < -0.3 is 10.6 Å². The number of nitrogens with one attached hydrogen (secondary N) is 2. The van der Waals surface area contributed by atoms with E-state index in [2.05, 4.69) is 10.6 Å². The highest BCUT2D eigenvalue weighted by molar-refractivity contribution is 5.77. The lowest BCUT2D eigenvalue weighted by atomic mass is 9.68. The molecule has 0 radical (unpaired) electrons. The molecule has 3 fully saturated rings. The van der Waals surface area contributed by atoms with Crippen LogP contribution in [0.2, 0.25) is 0 Å². The van der Waals surface area contributed by atoms with E-state index in [1.165, 1.54) is 32.1 Å². The summed E-state index contributed by atoms with van der Waals surface area (Å²) in [6.45, 7) is 0.490. The number of carbonyl (C=O) groups excluding carboxylic acids is 1. The number of carbonyl (C=O) groups is 1. The van der Waals surface area contributed by atoms with Crippen molar-refractivity contribution in [2.45, 2.75) is 38.1 Å². The Morgan fingerprint density at radius 2 is 2.00 bits per heavy atom. The Morgan fingerprint density at radius 1 is 1.29 bits per heavy atom. The minimum absolute atomic E-state index is 0.103. The van der Waals surface area contributed by atoms with Crippen LogP contribution in [0.3, 0.4) is 0 Å². The third kappa shape index (κ3) is 2.08. The van der Waals surface area contributed by atoms with Gasteiger partial charge in [0, 0.05) is 13.1 Å². The van der Waals surface area contributed by atoms with Crippen LogP contribution in [0.15, 0.2) is 0 Å². The number of rotatable bonds is 3. The molecule has 0 heterocycles. The maximum Gasteiger partial charge on any atom is 0.233 e. The molecule has 2 N–H and O–H groups in total. The zero-order chi connectivity index (χ0) is 9.97. The van der Waals surface area contributed by atoms with Gasteiger partial charge in [0.1, 0.15) is 0 Å². The van der Waals surface area contributed by atoms with Crippen LogP contribution < -0.4 is 10.6 Å². The molecule has 3 heteroatoms. The van der Waals surface area contributed by atoms with Gasteiger partial charge in [-0.1, -0.05) is 12.8 Å². The van der Waals surface area contributed by atoms with Crippen LogP contribution in [-0.4, -0.2) is 25.5 Å². The summed E-state index contributed by atoms with van der Waals surface area (Å²) >= 11 is 0. The molecule has 0 spiro atoms. The Labute approximate surface area is 85.6 Å². The molecule has 1 amide bonds. The number of fused-ring (bicyclic) bond motifs is 3. The fourth-order valence-corrected chi connectivity index (χ4v) is 2.94. The van der Waals surface area contributed by atoms with Gasteiger partial charge in [-0.25, -0.2) is 0 Å². The van der Waals surface area contributed by atoms with Gasteiger partial charge in [0.05, 0.1) is 6.54 Å². The van der Waals surface area contributed by atoms with Gasteiger partial charge >= 0.3 is 0 Å². The predicted molar refractivity (Wildman–Crippen MR) is 55.9 cm³/mol. The van der Waals surface area contributed by atoms with Gasteiger partial charge in [-0.2, -0.15) is 0 Å². The molecule has 1 unspecified atom stereocenters. The zero-order valence-corrected chi connectivity index (χ0v) is 8.88. The molecular weight excluding hydrogens is 176 g/mol. The number of hydrogen-bond acceptors (Lipinski definition) is 2. The second-order valence-corrected chi connectivity index (χ2v) is 4.68. The van der Waals surface area contributed by atoms with Crippen molar-refractivity contribution in [3.05, 3.63) is 0 Å². The summed E-state index contributed by atoms with van der Waals surface area (Å²) in [7, 11) is 1.69. The average molecular weight is 196 g/mol. The second-order valence-electron chi connectivity index (χ2n) is 4.68. The van der Waals surface area contributed by atoms with Crippen molar-refractivity contribution in [1.82, 2.24) is 10.6 Å². The maximum atomic E-state index is 11.1. The Morgan fingerprint density at radius 3 is 2.50 bits per heavy atom. The van der Waals surface area contributed by atoms with Crippen LogP contribution in [-0.2, 0) is 4.79 Å². The topological polar surface area (TPSA) is 41.1 Å². The first kappa shape index (κ1) is 9.97. The lowest BCUT2D eigenvalue weighted by molar-refractivity contribution is -0.120. The van der Waals surface area contributed by atoms with Crippen molar-refractivity contribution in [3.8, 4) is 0 Å². The first-order valence-corrected chi connectivity index (χ1v) is 5.73. The lowest BCUT2D eigenvalue weighted by Gasteiger charge is -2.42. The summed E-state index contributed by atoms with van der Waals surface area (Å²) in [5.74, 6) is 1.87. The van der Waals surface area contributed by atoms with E-state index in [0.29, 0.717) is 12.6 Å². The molecule has 3 rings (SSSR count). The third-order valence-electron chi connectivity index (χ3n) is 3.85. The maximum absolute atomic E-state index is 11.1. The molecule has 0 aliphatic heterocycles. The predicted octanol–water partition coefficient (Wildman–Crippen LogP) is 0.901. The van der Waals surface area contributed by atoms with Crippen LogP contribution in [0.4, 0.5) is 0 Å². The molecular formula is C11H20N2O. The zero-order valence-electron chi connectivity index (χ0n) is 8.88. The minimum atomic E-state index is 0.103. The highest BCUT2D eigenvalue weighted by atomic mass is 16.1. The van der Waals surface area contributed by atoms with Crippen molar-refractivity contribution in [1.29, 1.82) is 0 Å². The van der Waals surface area contributed by atoms with E-state index in [4.69, 9.17) is 0 Å². The highest BCUT2D eigenvalue weighted by Crippen LogP contribution is 2.41. The van der Waals surface area contributed by atoms with Crippen molar-refractivity contribution in [3.63, 3.8) is 0 Å². The monoisotopic (exact) mass is 196 g/mol.